The minimum absolute atomic E-state index is 0.0583. The summed E-state index contributed by atoms with van der Waals surface area (Å²) in [5.41, 5.74) is 1.57. The van der Waals surface area contributed by atoms with Gasteiger partial charge in [0.1, 0.15) is 19.8 Å². The van der Waals surface area contributed by atoms with Crippen LogP contribution in [0.1, 0.15) is 16.1 Å². The number of aromatic nitrogens is 1. The molecule has 4 rings (SSSR count). The maximum absolute atomic E-state index is 12.3. The van der Waals surface area contributed by atoms with E-state index >= 15 is 0 Å². The Bertz CT molecular complexity index is 907. The normalized spacial score (nSPS) is 12.5. The fraction of sp³-hybridized carbons (Fsp3) is 0.158. The predicted molar refractivity (Wildman–Crippen MR) is 92.7 cm³/mol. The van der Waals surface area contributed by atoms with Crippen LogP contribution < -0.4 is 19.5 Å². The van der Waals surface area contributed by atoms with E-state index in [1.165, 1.54) is 6.07 Å². The highest BCUT2D eigenvalue weighted by Gasteiger charge is 2.16. The van der Waals surface area contributed by atoms with Gasteiger partial charge < -0.3 is 24.1 Å². The van der Waals surface area contributed by atoms with Gasteiger partial charge in [0.2, 0.25) is 5.76 Å². The van der Waals surface area contributed by atoms with Crippen molar-refractivity contribution in [2.45, 2.75) is 6.61 Å². The summed E-state index contributed by atoms with van der Waals surface area (Å²) in [5, 5.41) is 6.49. The van der Waals surface area contributed by atoms with Crippen molar-refractivity contribution in [3.8, 4) is 17.4 Å². The van der Waals surface area contributed by atoms with E-state index in [4.69, 9.17) is 18.7 Å². The molecular formula is C19H16N2O5. The molecule has 0 radical (unpaired) electrons. The molecular weight excluding hydrogens is 336 g/mol. The topological polar surface area (TPSA) is 82.8 Å². The quantitative estimate of drug-likeness (QED) is 0.759. The molecule has 1 amide bonds. The van der Waals surface area contributed by atoms with Gasteiger partial charge in [-0.1, -0.05) is 30.3 Å². The second-order valence-corrected chi connectivity index (χ2v) is 5.62. The lowest BCUT2D eigenvalue weighted by Gasteiger charge is -2.18. The van der Waals surface area contributed by atoms with Crippen LogP contribution in [0.5, 0.6) is 17.4 Å². The first-order valence-electron chi connectivity index (χ1n) is 8.12. The van der Waals surface area contributed by atoms with E-state index in [1.807, 2.05) is 30.3 Å². The number of fused-ring (bicyclic) bond motifs is 1. The third kappa shape index (κ3) is 3.61. The Morgan fingerprint density at radius 3 is 2.69 bits per heavy atom. The first-order chi connectivity index (χ1) is 12.8. The summed E-state index contributed by atoms with van der Waals surface area (Å²) in [6, 6.07) is 16.3. The SMILES string of the molecule is O=C(Nc1ccc2c(c1)OCCO2)c1cc(OCc2ccccc2)no1. The van der Waals surface area contributed by atoms with Crippen LogP contribution in [0.25, 0.3) is 0 Å². The average Bonchev–Trinajstić information content (AvgIpc) is 3.16. The van der Waals surface area contributed by atoms with Crippen molar-refractivity contribution in [3.05, 3.63) is 65.9 Å². The van der Waals surface area contributed by atoms with Gasteiger partial charge in [-0.3, -0.25) is 4.79 Å². The number of amides is 1. The number of carbonyl (C=O) groups excluding carboxylic acids is 1. The Kier molecular flexibility index (Phi) is 4.42. The van der Waals surface area contributed by atoms with Crippen molar-refractivity contribution in [2.75, 3.05) is 18.5 Å². The summed E-state index contributed by atoms with van der Waals surface area (Å²) >= 11 is 0. The van der Waals surface area contributed by atoms with Gasteiger partial charge >= 0.3 is 0 Å². The molecule has 132 valence electrons. The molecule has 0 bridgehead atoms. The van der Waals surface area contributed by atoms with Crippen molar-refractivity contribution >= 4 is 11.6 Å². The van der Waals surface area contributed by atoms with Crippen LogP contribution in [-0.2, 0) is 6.61 Å². The Balaban J connectivity index is 1.38. The molecule has 7 heteroatoms. The predicted octanol–water partition coefficient (Wildman–Crippen LogP) is 3.28. The van der Waals surface area contributed by atoms with Gasteiger partial charge in [-0.05, 0) is 22.9 Å². The van der Waals surface area contributed by atoms with Gasteiger partial charge in [0, 0.05) is 11.8 Å². The average molecular weight is 352 g/mol. The van der Waals surface area contributed by atoms with Crippen LogP contribution in [0.3, 0.4) is 0 Å². The second kappa shape index (κ2) is 7.18. The molecule has 0 spiro atoms. The summed E-state index contributed by atoms with van der Waals surface area (Å²) in [6.45, 7) is 1.34. The Hall–Kier alpha value is -3.48. The molecule has 0 fully saturated rings. The molecule has 1 aromatic heterocycles. The van der Waals surface area contributed by atoms with E-state index in [2.05, 4.69) is 10.5 Å². The van der Waals surface area contributed by atoms with Gasteiger partial charge in [0.05, 0.1) is 6.07 Å². The lowest BCUT2D eigenvalue weighted by Crippen LogP contribution is -2.16. The number of hydrogen-bond donors (Lipinski definition) is 1. The van der Waals surface area contributed by atoms with Crippen molar-refractivity contribution in [3.63, 3.8) is 0 Å². The van der Waals surface area contributed by atoms with Crippen molar-refractivity contribution in [1.82, 2.24) is 5.16 Å². The highest BCUT2D eigenvalue weighted by Crippen LogP contribution is 2.32. The molecule has 0 saturated carbocycles. The number of hydrogen-bond acceptors (Lipinski definition) is 6. The number of carbonyl (C=O) groups is 1. The van der Waals surface area contributed by atoms with Crippen LogP contribution in [0.2, 0.25) is 0 Å². The van der Waals surface area contributed by atoms with Crippen molar-refractivity contribution < 1.29 is 23.5 Å². The van der Waals surface area contributed by atoms with Crippen molar-refractivity contribution in [2.24, 2.45) is 0 Å². The number of anilines is 1. The molecule has 0 atom stereocenters. The lowest BCUT2D eigenvalue weighted by atomic mass is 10.2. The summed E-state index contributed by atoms with van der Waals surface area (Å²) < 4.78 is 21.5. The van der Waals surface area contributed by atoms with Gasteiger partial charge in [-0.25, -0.2) is 0 Å². The summed E-state index contributed by atoms with van der Waals surface area (Å²) in [7, 11) is 0. The summed E-state index contributed by atoms with van der Waals surface area (Å²) in [5.74, 6) is 1.14. The largest absolute Gasteiger partial charge is 0.486 e. The molecule has 0 aliphatic carbocycles. The third-order valence-corrected chi connectivity index (χ3v) is 3.74. The van der Waals surface area contributed by atoms with E-state index in [0.717, 1.165) is 5.56 Å². The molecule has 1 aliphatic heterocycles. The summed E-state index contributed by atoms with van der Waals surface area (Å²) in [6.07, 6.45) is 0. The zero-order valence-electron chi connectivity index (χ0n) is 13.8. The molecule has 1 N–H and O–H groups in total. The molecule has 0 saturated heterocycles. The monoisotopic (exact) mass is 352 g/mol. The molecule has 26 heavy (non-hydrogen) atoms. The molecule has 1 aliphatic rings. The van der Waals surface area contributed by atoms with Gasteiger partial charge in [-0.15, -0.1) is 0 Å². The third-order valence-electron chi connectivity index (χ3n) is 3.74. The first kappa shape index (κ1) is 16.0. The maximum Gasteiger partial charge on any atom is 0.294 e. The molecule has 2 aromatic carbocycles. The van der Waals surface area contributed by atoms with Crippen LogP contribution in [0.15, 0.2) is 59.1 Å². The zero-order valence-corrected chi connectivity index (χ0v) is 13.8. The van der Waals surface area contributed by atoms with E-state index in [1.54, 1.807) is 18.2 Å². The minimum atomic E-state index is -0.427. The number of ether oxygens (including phenoxy) is 3. The Morgan fingerprint density at radius 2 is 1.85 bits per heavy atom. The number of rotatable bonds is 5. The lowest BCUT2D eigenvalue weighted by molar-refractivity contribution is 0.0987. The van der Waals surface area contributed by atoms with Crippen molar-refractivity contribution in [1.29, 1.82) is 0 Å². The first-order valence-corrected chi connectivity index (χ1v) is 8.12. The molecule has 7 nitrogen and oxygen atoms in total. The van der Waals surface area contributed by atoms with Gasteiger partial charge in [0.15, 0.2) is 11.5 Å². The summed E-state index contributed by atoms with van der Waals surface area (Å²) in [4.78, 5) is 12.3. The highest BCUT2D eigenvalue weighted by molar-refractivity contribution is 6.02. The minimum Gasteiger partial charge on any atom is -0.486 e. The molecule has 2 heterocycles. The Morgan fingerprint density at radius 1 is 1.04 bits per heavy atom. The van der Waals surface area contributed by atoms with Gasteiger partial charge in [0.25, 0.3) is 11.8 Å². The van der Waals surface area contributed by atoms with Crippen LogP contribution >= 0.6 is 0 Å². The highest BCUT2D eigenvalue weighted by atomic mass is 16.6. The fourth-order valence-corrected chi connectivity index (χ4v) is 2.48. The number of benzene rings is 2. The van der Waals surface area contributed by atoms with Crippen LogP contribution in [0, 0.1) is 0 Å². The second-order valence-electron chi connectivity index (χ2n) is 5.62. The Labute approximate surface area is 149 Å². The number of nitrogens with zero attached hydrogens (tertiary/aromatic N) is 1. The van der Waals surface area contributed by atoms with E-state index in [-0.39, 0.29) is 11.6 Å². The van der Waals surface area contributed by atoms with Crippen LogP contribution in [0.4, 0.5) is 5.69 Å². The molecule has 3 aromatic rings. The van der Waals surface area contributed by atoms with E-state index < -0.39 is 5.91 Å². The number of nitrogens with one attached hydrogen (secondary N) is 1. The van der Waals surface area contributed by atoms with Crippen LogP contribution in [-0.4, -0.2) is 24.3 Å². The fourth-order valence-electron chi connectivity index (χ4n) is 2.48. The van der Waals surface area contributed by atoms with E-state index in [0.29, 0.717) is 37.0 Å². The molecule has 0 unspecified atom stereocenters. The zero-order chi connectivity index (χ0) is 17.8. The smallest absolute Gasteiger partial charge is 0.294 e. The van der Waals surface area contributed by atoms with Gasteiger partial charge in [-0.2, -0.15) is 0 Å². The standard InChI is InChI=1S/C19H16N2O5/c22-19(20-14-6-7-15-16(10-14)24-9-8-23-15)17-11-18(21-26-17)25-12-13-4-2-1-3-5-13/h1-7,10-11H,8-9,12H2,(H,20,22). The maximum atomic E-state index is 12.3. The van der Waals surface area contributed by atoms with E-state index in [9.17, 15) is 4.79 Å².